The van der Waals surface area contributed by atoms with Gasteiger partial charge in [-0.2, -0.15) is 0 Å². The zero-order valence-corrected chi connectivity index (χ0v) is 18.8. The highest BCUT2D eigenvalue weighted by Crippen LogP contribution is 2.25. The highest BCUT2D eigenvalue weighted by Gasteiger charge is 2.19. The predicted octanol–water partition coefficient (Wildman–Crippen LogP) is 4.45. The van der Waals surface area contributed by atoms with Crippen molar-refractivity contribution >= 4 is 29.3 Å². The average Bonchev–Trinajstić information content (AvgIpc) is 3.11. The van der Waals surface area contributed by atoms with Gasteiger partial charge in [0.25, 0.3) is 0 Å². The molecule has 0 bridgehead atoms. The van der Waals surface area contributed by atoms with Crippen molar-refractivity contribution in [1.29, 1.82) is 0 Å². The Kier molecular flexibility index (Phi) is 7.76. The second kappa shape index (κ2) is 10.5. The first-order chi connectivity index (χ1) is 14.5. The zero-order chi connectivity index (χ0) is 21.5. The molecule has 0 radical (unpaired) electrons. The first-order valence-corrected chi connectivity index (χ1v) is 11.0. The van der Waals surface area contributed by atoms with Crippen molar-refractivity contribution in [2.75, 3.05) is 6.54 Å². The zero-order valence-electron chi connectivity index (χ0n) is 17.2. The lowest BCUT2D eigenvalue weighted by atomic mass is 10.0. The van der Waals surface area contributed by atoms with Crippen LogP contribution in [0.3, 0.4) is 0 Å². The van der Waals surface area contributed by atoms with Crippen molar-refractivity contribution in [1.82, 2.24) is 20.1 Å². The monoisotopic (exact) mass is 444 g/mol. The van der Waals surface area contributed by atoms with Gasteiger partial charge >= 0.3 is 0 Å². The molecule has 1 aromatic heterocycles. The number of hydrogen-bond donors (Lipinski definition) is 1. The second-order valence-corrected chi connectivity index (χ2v) is 8.71. The van der Waals surface area contributed by atoms with E-state index in [0.717, 1.165) is 0 Å². The maximum Gasteiger partial charge on any atom is 0.233 e. The van der Waals surface area contributed by atoms with Crippen molar-refractivity contribution in [2.45, 2.75) is 36.8 Å². The van der Waals surface area contributed by atoms with Gasteiger partial charge in [-0.1, -0.05) is 72.8 Å². The Morgan fingerprint density at radius 3 is 2.57 bits per heavy atom. The molecule has 3 aromatic rings. The number of rotatable bonds is 9. The Morgan fingerprint density at radius 2 is 1.83 bits per heavy atom. The molecule has 0 saturated carbocycles. The van der Waals surface area contributed by atoms with Crippen molar-refractivity contribution in [3.63, 3.8) is 0 Å². The van der Waals surface area contributed by atoms with Crippen LogP contribution in [0, 0.1) is 0 Å². The molecule has 1 heterocycles. The van der Waals surface area contributed by atoms with Gasteiger partial charge < -0.3 is 14.6 Å². The summed E-state index contributed by atoms with van der Waals surface area (Å²) in [7, 11) is 1.86. The molecule has 2 aromatic carbocycles. The average molecular weight is 445 g/mol. The summed E-state index contributed by atoms with van der Waals surface area (Å²) >= 11 is 7.48. The van der Waals surface area contributed by atoms with Crippen LogP contribution < -0.4 is 10.1 Å². The van der Waals surface area contributed by atoms with Crippen molar-refractivity contribution in [3.05, 3.63) is 71.0 Å². The Morgan fingerprint density at radius 1 is 1.13 bits per heavy atom. The van der Waals surface area contributed by atoms with E-state index in [1.165, 1.54) is 17.3 Å². The molecule has 30 heavy (non-hydrogen) atoms. The van der Waals surface area contributed by atoms with Gasteiger partial charge in [0.1, 0.15) is 12.4 Å². The molecule has 0 aliphatic carbocycles. The van der Waals surface area contributed by atoms with Crippen LogP contribution in [0.5, 0.6) is 5.75 Å². The largest absolute Gasteiger partial charge is 0.484 e. The number of nitrogens with one attached hydrogen (secondary N) is 1. The summed E-state index contributed by atoms with van der Waals surface area (Å²) in [5, 5.41) is 12.3. The third-order valence-corrected chi connectivity index (χ3v) is 6.17. The van der Waals surface area contributed by atoms with Crippen LogP contribution in [0.2, 0.25) is 5.02 Å². The lowest BCUT2D eigenvalue weighted by molar-refractivity contribution is -0.120. The Hall–Kier alpha value is -2.51. The van der Waals surface area contributed by atoms with Crippen molar-refractivity contribution in [2.24, 2.45) is 7.05 Å². The first kappa shape index (κ1) is 22.2. The molecule has 6 nitrogen and oxygen atoms in total. The van der Waals surface area contributed by atoms with Gasteiger partial charge in [-0.25, -0.2) is 0 Å². The van der Waals surface area contributed by atoms with E-state index in [9.17, 15) is 4.79 Å². The molecule has 1 N–H and O–H groups in total. The van der Waals surface area contributed by atoms with E-state index in [0.29, 0.717) is 28.3 Å². The number of para-hydroxylation sites is 1. The lowest BCUT2D eigenvalue weighted by Crippen LogP contribution is -2.33. The van der Waals surface area contributed by atoms with E-state index < -0.39 is 0 Å². The number of amides is 1. The Bertz CT molecular complexity index is 980. The van der Waals surface area contributed by atoms with Gasteiger partial charge in [0.2, 0.25) is 5.91 Å². The normalized spacial score (nSPS) is 12.9. The third kappa shape index (κ3) is 5.77. The van der Waals surface area contributed by atoms with Gasteiger partial charge in [-0.05, 0) is 30.5 Å². The topological polar surface area (TPSA) is 69.0 Å². The molecule has 8 heteroatoms. The van der Waals surface area contributed by atoms with Crippen LogP contribution >= 0.6 is 23.4 Å². The van der Waals surface area contributed by atoms with Crippen LogP contribution in [0.1, 0.15) is 31.2 Å². The predicted molar refractivity (Wildman–Crippen MR) is 120 cm³/mol. The molecule has 2 unspecified atom stereocenters. The van der Waals surface area contributed by atoms with E-state index in [4.69, 9.17) is 16.3 Å². The van der Waals surface area contributed by atoms with Gasteiger partial charge in [-0.15, -0.1) is 10.2 Å². The van der Waals surface area contributed by atoms with Crippen LogP contribution in [-0.2, 0) is 18.4 Å². The minimum absolute atomic E-state index is 0.0281. The minimum atomic E-state index is -0.298. The fourth-order valence-electron chi connectivity index (χ4n) is 2.79. The summed E-state index contributed by atoms with van der Waals surface area (Å²) in [6.45, 7) is 4.79. The van der Waals surface area contributed by atoms with Crippen LogP contribution in [0.25, 0.3) is 0 Å². The molecule has 0 aliphatic rings. The van der Waals surface area contributed by atoms with Crippen LogP contribution in [0.4, 0.5) is 0 Å². The summed E-state index contributed by atoms with van der Waals surface area (Å²) < 4.78 is 7.56. The maximum atomic E-state index is 12.5. The van der Waals surface area contributed by atoms with Gasteiger partial charge in [-0.3, -0.25) is 4.79 Å². The summed E-state index contributed by atoms with van der Waals surface area (Å²) in [5.74, 6) is 1.47. The van der Waals surface area contributed by atoms with Crippen molar-refractivity contribution < 1.29 is 9.53 Å². The van der Waals surface area contributed by atoms with Gasteiger partial charge in [0, 0.05) is 13.6 Å². The number of thioether (sulfide) groups is 1. The summed E-state index contributed by atoms with van der Waals surface area (Å²) in [5.41, 5.74) is 1.20. The number of carbonyl (C=O) groups excluding carboxylic acids is 1. The van der Waals surface area contributed by atoms with E-state index in [-0.39, 0.29) is 23.7 Å². The highest BCUT2D eigenvalue weighted by atomic mass is 35.5. The highest BCUT2D eigenvalue weighted by molar-refractivity contribution is 8.00. The lowest BCUT2D eigenvalue weighted by Gasteiger charge is -2.16. The molecular formula is C22H25ClN4O2S. The number of nitrogens with zero attached hydrogens (tertiary/aromatic N) is 3. The van der Waals surface area contributed by atoms with E-state index >= 15 is 0 Å². The van der Waals surface area contributed by atoms with Gasteiger partial charge in [0.05, 0.1) is 10.3 Å². The van der Waals surface area contributed by atoms with Gasteiger partial charge in [0.15, 0.2) is 11.0 Å². The third-order valence-electron chi connectivity index (χ3n) is 4.72. The fraction of sp³-hybridized carbons (Fsp3) is 0.318. The molecular weight excluding hydrogens is 420 g/mol. The number of halogens is 1. The summed E-state index contributed by atoms with van der Waals surface area (Å²) in [4.78, 5) is 12.5. The van der Waals surface area contributed by atoms with Crippen molar-refractivity contribution in [3.8, 4) is 5.75 Å². The SMILES string of the molecule is CC(Sc1nnc(COc2ccccc2Cl)n1C)C(=O)NCC(C)c1ccccc1. The van der Waals surface area contributed by atoms with E-state index in [1.54, 1.807) is 12.1 Å². The van der Waals surface area contributed by atoms with Crippen LogP contribution in [0.15, 0.2) is 59.8 Å². The number of carbonyl (C=O) groups is 1. The molecule has 2 atom stereocenters. The van der Waals surface area contributed by atoms with E-state index in [1.807, 2.05) is 48.9 Å². The molecule has 0 aliphatic heterocycles. The first-order valence-electron chi connectivity index (χ1n) is 9.70. The Labute approximate surface area is 186 Å². The number of aromatic nitrogens is 3. The Balaban J connectivity index is 1.52. The smallest absolute Gasteiger partial charge is 0.233 e. The van der Waals surface area contributed by atoms with Crippen LogP contribution in [-0.4, -0.2) is 32.5 Å². The number of benzene rings is 2. The molecule has 1 amide bonds. The fourth-order valence-corrected chi connectivity index (χ4v) is 3.83. The summed E-state index contributed by atoms with van der Waals surface area (Å²) in [6, 6.07) is 17.4. The number of ether oxygens (including phenoxy) is 1. The molecule has 158 valence electrons. The quantitative estimate of drug-likeness (QED) is 0.494. The standard InChI is InChI=1S/C22H25ClN4O2S/c1-15(17-9-5-4-6-10-17)13-24-21(28)16(2)30-22-26-25-20(27(22)3)14-29-19-12-8-7-11-18(19)23/h4-12,15-16H,13-14H2,1-3H3,(H,24,28). The maximum absolute atomic E-state index is 12.5. The second-order valence-electron chi connectivity index (χ2n) is 6.99. The summed E-state index contributed by atoms with van der Waals surface area (Å²) in [6.07, 6.45) is 0. The molecule has 0 spiro atoms. The molecule has 3 rings (SSSR count). The number of hydrogen-bond acceptors (Lipinski definition) is 5. The molecule has 0 saturated heterocycles. The molecule has 0 fully saturated rings. The van der Waals surface area contributed by atoms with E-state index in [2.05, 4.69) is 34.6 Å². The minimum Gasteiger partial charge on any atom is -0.484 e.